The van der Waals surface area contributed by atoms with Gasteiger partial charge in [-0.25, -0.2) is 9.98 Å². The predicted molar refractivity (Wildman–Crippen MR) is 105 cm³/mol. The molecule has 4 nitrogen and oxygen atoms in total. The van der Waals surface area contributed by atoms with E-state index in [0.717, 1.165) is 5.56 Å². The third-order valence-corrected chi connectivity index (χ3v) is 3.95. The number of hydrogen-bond acceptors (Lipinski definition) is 3. The number of aromatic nitrogens is 2. The summed E-state index contributed by atoms with van der Waals surface area (Å²) >= 11 is 12.1. The van der Waals surface area contributed by atoms with Crippen LogP contribution in [0, 0.1) is 11.8 Å². The normalized spacial score (nSPS) is 11.0. The second-order valence-electron chi connectivity index (χ2n) is 6.01. The molecule has 130 valence electrons. The van der Waals surface area contributed by atoms with E-state index in [4.69, 9.17) is 23.2 Å². The molecule has 0 radical (unpaired) electrons. The van der Waals surface area contributed by atoms with Gasteiger partial charge < -0.3 is 4.90 Å². The van der Waals surface area contributed by atoms with E-state index in [2.05, 4.69) is 59.4 Å². The average molecular weight is 375 g/mol. The summed E-state index contributed by atoms with van der Waals surface area (Å²) < 4.78 is 0. The van der Waals surface area contributed by atoms with Gasteiger partial charge in [0.05, 0.1) is 11.9 Å². The molecule has 0 aliphatic carbocycles. The van der Waals surface area contributed by atoms with Crippen LogP contribution in [0.25, 0.3) is 0 Å². The van der Waals surface area contributed by atoms with Crippen molar-refractivity contribution in [2.75, 3.05) is 0 Å². The summed E-state index contributed by atoms with van der Waals surface area (Å²) in [7, 11) is 0. The molecule has 1 aromatic carbocycles. The van der Waals surface area contributed by atoms with Crippen molar-refractivity contribution in [1.29, 1.82) is 0 Å². The van der Waals surface area contributed by atoms with E-state index in [1.807, 2.05) is 12.1 Å². The van der Waals surface area contributed by atoms with E-state index in [9.17, 15) is 0 Å². The molecule has 25 heavy (non-hydrogen) atoms. The lowest BCUT2D eigenvalue weighted by atomic mass is 10.2. The van der Waals surface area contributed by atoms with Gasteiger partial charge in [-0.3, -0.25) is 0 Å². The minimum Gasteiger partial charge on any atom is -0.358 e. The first kappa shape index (κ1) is 19.2. The second-order valence-corrected chi connectivity index (χ2v) is 6.81. The molecule has 0 fully saturated rings. The van der Waals surface area contributed by atoms with Crippen LogP contribution in [0.5, 0.6) is 0 Å². The highest BCUT2D eigenvalue weighted by molar-refractivity contribution is 6.30. The Morgan fingerprint density at radius 2 is 1.68 bits per heavy atom. The SMILES string of the molecule is CC(C)N(C=Nc1ncc(C#Cc2ccc(Cl)cc2)c(Cl)n1)C(C)C. The first-order chi connectivity index (χ1) is 11.9. The summed E-state index contributed by atoms with van der Waals surface area (Å²) in [6, 6.07) is 7.94. The van der Waals surface area contributed by atoms with E-state index < -0.39 is 0 Å². The van der Waals surface area contributed by atoms with Gasteiger partial charge in [0.15, 0.2) is 0 Å². The highest BCUT2D eigenvalue weighted by Gasteiger charge is 2.09. The van der Waals surface area contributed by atoms with Crippen LogP contribution in [0.4, 0.5) is 5.95 Å². The number of rotatable bonds is 4. The molecule has 0 saturated carbocycles. The highest BCUT2D eigenvalue weighted by Crippen LogP contribution is 2.15. The average Bonchev–Trinajstić information content (AvgIpc) is 2.55. The van der Waals surface area contributed by atoms with Gasteiger partial charge in [-0.15, -0.1) is 0 Å². The van der Waals surface area contributed by atoms with Crippen LogP contribution < -0.4 is 0 Å². The summed E-state index contributed by atoms with van der Waals surface area (Å²) in [6.45, 7) is 8.43. The summed E-state index contributed by atoms with van der Waals surface area (Å²) in [5.74, 6) is 6.29. The van der Waals surface area contributed by atoms with Crippen molar-refractivity contribution in [2.24, 2.45) is 4.99 Å². The number of aliphatic imine (C=N–C) groups is 1. The zero-order chi connectivity index (χ0) is 18.4. The quantitative estimate of drug-likeness (QED) is 0.328. The van der Waals surface area contributed by atoms with Crippen molar-refractivity contribution in [1.82, 2.24) is 14.9 Å². The van der Waals surface area contributed by atoms with Gasteiger partial charge in [0.1, 0.15) is 5.15 Å². The minimum atomic E-state index is 0.282. The summed E-state index contributed by atoms with van der Waals surface area (Å²) in [6.07, 6.45) is 3.33. The fourth-order valence-corrected chi connectivity index (χ4v) is 2.45. The third-order valence-electron chi connectivity index (χ3n) is 3.41. The molecule has 0 bridgehead atoms. The van der Waals surface area contributed by atoms with Crippen LogP contribution >= 0.6 is 23.2 Å². The van der Waals surface area contributed by atoms with E-state index in [0.29, 0.717) is 28.6 Å². The Morgan fingerprint density at radius 1 is 1.04 bits per heavy atom. The smallest absolute Gasteiger partial charge is 0.252 e. The van der Waals surface area contributed by atoms with Gasteiger partial charge in [0.25, 0.3) is 5.95 Å². The number of halogens is 2. The third kappa shape index (κ3) is 5.74. The Morgan fingerprint density at radius 3 is 2.24 bits per heavy atom. The van der Waals surface area contributed by atoms with E-state index >= 15 is 0 Å². The summed E-state index contributed by atoms with van der Waals surface area (Å²) in [5.41, 5.74) is 1.40. The molecule has 0 aliphatic rings. The van der Waals surface area contributed by atoms with Gasteiger partial charge in [-0.1, -0.05) is 35.0 Å². The summed E-state index contributed by atoms with van der Waals surface area (Å²) in [4.78, 5) is 14.8. The van der Waals surface area contributed by atoms with Gasteiger partial charge in [0.2, 0.25) is 0 Å². The maximum Gasteiger partial charge on any atom is 0.252 e. The zero-order valence-corrected chi connectivity index (χ0v) is 16.2. The maximum absolute atomic E-state index is 6.20. The predicted octanol–water partition coefficient (Wildman–Crippen LogP) is 4.96. The molecule has 6 heteroatoms. The lowest BCUT2D eigenvalue weighted by Crippen LogP contribution is -2.35. The highest BCUT2D eigenvalue weighted by atomic mass is 35.5. The molecular weight excluding hydrogens is 355 g/mol. The van der Waals surface area contributed by atoms with Gasteiger partial charge in [0, 0.05) is 28.9 Å². The Bertz CT molecular complexity index is 794. The van der Waals surface area contributed by atoms with Crippen LogP contribution in [-0.4, -0.2) is 33.3 Å². The van der Waals surface area contributed by atoms with E-state index in [1.54, 1.807) is 24.7 Å². The Kier molecular flexibility index (Phi) is 6.81. The molecule has 0 unspecified atom stereocenters. The zero-order valence-electron chi connectivity index (χ0n) is 14.7. The van der Waals surface area contributed by atoms with Crippen molar-refractivity contribution < 1.29 is 0 Å². The van der Waals surface area contributed by atoms with Gasteiger partial charge in [-0.05, 0) is 52.0 Å². The number of nitrogens with zero attached hydrogens (tertiary/aromatic N) is 4. The molecule has 0 atom stereocenters. The first-order valence-corrected chi connectivity index (χ1v) is 8.74. The lowest BCUT2D eigenvalue weighted by molar-refractivity contribution is 0.301. The largest absolute Gasteiger partial charge is 0.358 e. The Labute approximate surface area is 158 Å². The topological polar surface area (TPSA) is 41.4 Å². The Hall–Kier alpha value is -2.09. The lowest BCUT2D eigenvalue weighted by Gasteiger charge is -2.27. The molecule has 1 aromatic heterocycles. The van der Waals surface area contributed by atoms with Gasteiger partial charge in [-0.2, -0.15) is 4.98 Å². The van der Waals surface area contributed by atoms with E-state index in [1.165, 1.54) is 0 Å². The Balaban J connectivity index is 2.17. The van der Waals surface area contributed by atoms with Crippen molar-refractivity contribution in [3.05, 3.63) is 51.8 Å². The number of benzene rings is 1. The number of hydrogen-bond donors (Lipinski definition) is 0. The first-order valence-electron chi connectivity index (χ1n) is 7.98. The molecule has 0 aliphatic heterocycles. The molecule has 2 aromatic rings. The fraction of sp³-hybridized carbons (Fsp3) is 0.316. The fourth-order valence-electron chi connectivity index (χ4n) is 2.15. The maximum atomic E-state index is 6.20. The van der Waals surface area contributed by atoms with Crippen molar-refractivity contribution >= 4 is 35.5 Å². The molecular formula is C19H20Cl2N4. The van der Waals surface area contributed by atoms with E-state index in [-0.39, 0.29) is 5.15 Å². The van der Waals surface area contributed by atoms with Crippen LogP contribution in [0.1, 0.15) is 38.8 Å². The van der Waals surface area contributed by atoms with Crippen LogP contribution in [0.15, 0.2) is 35.5 Å². The molecule has 0 saturated heterocycles. The summed E-state index contributed by atoms with van der Waals surface area (Å²) in [5, 5.41) is 0.954. The molecule has 0 N–H and O–H groups in total. The van der Waals surface area contributed by atoms with Crippen molar-refractivity contribution in [2.45, 2.75) is 39.8 Å². The van der Waals surface area contributed by atoms with Crippen LogP contribution in [0.3, 0.4) is 0 Å². The second kappa shape index (κ2) is 8.84. The molecule has 2 rings (SSSR count). The monoisotopic (exact) mass is 374 g/mol. The molecule has 0 amide bonds. The minimum absolute atomic E-state index is 0.282. The van der Waals surface area contributed by atoms with Crippen molar-refractivity contribution in [3.63, 3.8) is 0 Å². The van der Waals surface area contributed by atoms with Gasteiger partial charge >= 0.3 is 0 Å². The molecule has 1 heterocycles. The standard InChI is InChI=1S/C19H20Cl2N4/c1-13(2)25(14(3)4)12-23-19-22-11-16(18(21)24-19)8-5-15-6-9-17(20)10-7-15/h6-7,9-14H,1-4H3. The van der Waals surface area contributed by atoms with Crippen LogP contribution in [-0.2, 0) is 0 Å². The molecule has 0 spiro atoms. The van der Waals surface area contributed by atoms with Crippen LogP contribution in [0.2, 0.25) is 10.2 Å². The van der Waals surface area contributed by atoms with Crippen molar-refractivity contribution in [3.8, 4) is 11.8 Å².